The van der Waals surface area contributed by atoms with E-state index in [4.69, 9.17) is 9.84 Å². The molecule has 0 atom stereocenters. The number of carboxylic acid groups (broad SMARTS) is 1. The van der Waals surface area contributed by atoms with Crippen molar-refractivity contribution >= 4 is 22.6 Å². The van der Waals surface area contributed by atoms with Gasteiger partial charge in [0.25, 0.3) is 5.69 Å². The predicted octanol–water partition coefficient (Wildman–Crippen LogP) is 2.97. The lowest BCUT2D eigenvalue weighted by atomic mass is 10.2. The van der Waals surface area contributed by atoms with Gasteiger partial charge >= 0.3 is 5.97 Å². The summed E-state index contributed by atoms with van der Waals surface area (Å²) in [7, 11) is 1.67. The summed E-state index contributed by atoms with van der Waals surface area (Å²) in [5.41, 5.74) is 0.805. The lowest BCUT2D eigenvalue weighted by Gasteiger charge is -2.05. The highest BCUT2D eigenvalue weighted by Crippen LogP contribution is 2.27. The Bertz CT molecular complexity index is 915. The van der Waals surface area contributed by atoms with Crippen LogP contribution >= 0.6 is 0 Å². The van der Waals surface area contributed by atoms with Crippen molar-refractivity contribution in [2.45, 2.75) is 0 Å². The second-order valence-corrected chi connectivity index (χ2v) is 4.83. The summed E-state index contributed by atoms with van der Waals surface area (Å²) < 4.78 is 7.12. The van der Waals surface area contributed by atoms with Gasteiger partial charge in [-0.3, -0.25) is 10.1 Å². The summed E-state index contributed by atoms with van der Waals surface area (Å²) in [4.78, 5) is 25.0. The first-order valence-electron chi connectivity index (χ1n) is 6.57. The molecule has 0 spiro atoms. The molecule has 0 aliphatic rings. The Balaban J connectivity index is 1.91. The van der Waals surface area contributed by atoms with E-state index in [0.717, 1.165) is 11.7 Å². The zero-order chi connectivity index (χ0) is 16.6. The topological polar surface area (TPSA) is 107 Å². The maximum Gasteiger partial charge on any atom is 0.352 e. The summed E-state index contributed by atoms with van der Waals surface area (Å²) in [5, 5.41) is 20.4. The largest absolute Gasteiger partial charge is 0.477 e. The smallest absolute Gasteiger partial charge is 0.352 e. The first kappa shape index (κ1) is 14.5. The SMILES string of the molecule is Cn1c(C(=O)O)cc2cc(Oc3ccc([N+](=O)[O-])cn3)ccc21. The molecular weight excluding hydrogens is 302 g/mol. The maximum absolute atomic E-state index is 11.1. The van der Waals surface area contributed by atoms with Gasteiger partial charge < -0.3 is 14.4 Å². The number of aromatic nitrogens is 2. The second kappa shape index (κ2) is 5.41. The average Bonchev–Trinajstić information content (AvgIpc) is 2.84. The van der Waals surface area contributed by atoms with Gasteiger partial charge in [-0.05, 0) is 24.3 Å². The third-order valence-electron chi connectivity index (χ3n) is 3.39. The Morgan fingerprint density at radius 2 is 2.09 bits per heavy atom. The van der Waals surface area contributed by atoms with Crippen LogP contribution in [0.1, 0.15) is 10.5 Å². The van der Waals surface area contributed by atoms with Crippen LogP contribution in [0.25, 0.3) is 10.9 Å². The third kappa shape index (κ3) is 2.69. The number of aryl methyl sites for hydroxylation is 1. The van der Waals surface area contributed by atoms with E-state index in [9.17, 15) is 14.9 Å². The summed E-state index contributed by atoms with van der Waals surface area (Å²) >= 11 is 0. The van der Waals surface area contributed by atoms with Crippen LogP contribution in [0.15, 0.2) is 42.6 Å². The second-order valence-electron chi connectivity index (χ2n) is 4.83. The van der Waals surface area contributed by atoms with E-state index in [1.54, 1.807) is 35.9 Å². The number of aromatic carboxylic acids is 1. The van der Waals surface area contributed by atoms with Crippen molar-refractivity contribution in [3.8, 4) is 11.6 Å². The van der Waals surface area contributed by atoms with Gasteiger partial charge in [-0.2, -0.15) is 0 Å². The van der Waals surface area contributed by atoms with E-state index in [2.05, 4.69) is 4.98 Å². The van der Waals surface area contributed by atoms with Crippen molar-refractivity contribution in [1.82, 2.24) is 9.55 Å². The fourth-order valence-corrected chi connectivity index (χ4v) is 2.26. The van der Waals surface area contributed by atoms with Crippen molar-refractivity contribution in [3.05, 3.63) is 58.4 Å². The molecule has 2 aromatic heterocycles. The van der Waals surface area contributed by atoms with Gasteiger partial charge in [0.2, 0.25) is 5.88 Å². The predicted molar refractivity (Wildman–Crippen MR) is 80.8 cm³/mol. The zero-order valence-electron chi connectivity index (χ0n) is 12.0. The van der Waals surface area contributed by atoms with Gasteiger partial charge in [-0.25, -0.2) is 9.78 Å². The Labute approximate surface area is 129 Å². The van der Waals surface area contributed by atoms with Gasteiger partial charge in [-0.15, -0.1) is 0 Å². The molecule has 1 N–H and O–H groups in total. The van der Waals surface area contributed by atoms with Crippen LogP contribution in [0.2, 0.25) is 0 Å². The number of fused-ring (bicyclic) bond motifs is 1. The number of benzene rings is 1. The van der Waals surface area contributed by atoms with Crippen LogP contribution < -0.4 is 4.74 Å². The van der Waals surface area contributed by atoms with Crippen molar-refractivity contribution in [2.75, 3.05) is 0 Å². The molecule has 0 amide bonds. The Kier molecular flexibility index (Phi) is 3.41. The van der Waals surface area contributed by atoms with E-state index >= 15 is 0 Å². The van der Waals surface area contributed by atoms with Gasteiger partial charge in [0.15, 0.2) is 0 Å². The van der Waals surface area contributed by atoms with Crippen molar-refractivity contribution in [1.29, 1.82) is 0 Å². The van der Waals surface area contributed by atoms with E-state index in [1.807, 2.05) is 0 Å². The number of nitro groups is 1. The van der Waals surface area contributed by atoms with Crippen LogP contribution in [0, 0.1) is 10.1 Å². The highest BCUT2D eigenvalue weighted by molar-refractivity contribution is 5.95. The quantitative estimate of drug-likeness (QED) is 0.586. The minimum Gasteiger partial charge on any atom is -0.477 e. The van der Waals surface area contributed by atoms with Gasteiger partial charge in [-0.1, -0.05) is 0 Å². The van der Waals surface area contributed by atoms with Gasteiger partial charge in [0.05, 0.1) is 4.92 Å². The molecule has 1 aromatic carbocycles. The lowest BCUT2D eigenvalue weighted by molar-refractivity contribution is -0.385. The molecule has 0 saturated carbocycles. The van der Waals surface area contributed by atoms with E-state index in [-0.39, 0.29) is 17.3 Å². The summed E-state index contributed by atoms with van der Waals surface area (Å²) in [6.07, 6.45) is 1.11. The first-order valence-corrected chi connectivity index (χ1v) is 6.57. The molecule has 0 aliphatic carbocycles. The fourth-order valence-electron chi connectivity index (χ4n) is 2.26. The molecule has 3 aromatic rings. The summed E-state index contributed by atoms with van der Waals surface area (Å²) in [5.74, 6) is -0.339. The molecule has 0 aliphatic heterocycles. The Morgan fingerprint density at radius 1 is 1.30 bits per heavy atom. The van der Waals surface area contributed by atoms with E-state index in [0.29, 0.717) is 11.1 Å². The van der Waals surface area contributed by atoms with Crippen LogP contribution in [0.4, 0.5) is 5.69 Å². The first-order chi connectivity index (χ1) is 11.0. The number of hydrogen-bond acceptors (Lipinski definition) is 5. The van der Waals surface area contributed by atoms with Crippen LogP contribution in [-0.4, -0.2) is 25.6 Å². The van der Waals surface area contributed by atoms with Crippen LogP contribution in [-0.2, 0) is 7.05 Å². The molecule has 0 saturated heterocycles. The van der Waals surface area contributed by atoms with Crippen LogP contribution in [0.3, 0.4) is 0 Å². The molecule has 8 heteroatoms. The Morgan fingerprint density at radius 3 is 2.70 bits per heavy atom. The molecule has 0 fully saturated rings. The molecular formula is C15H11N3O5. The minimum atomic E-state index is -1.01. The number of carbonyl (C=O) groups is 1. The van der Waals surface area contributed by atoms with Crippen molar-refractivity contribution < 1.29 is 19.6 Å². The molecule has 23 heavy (non-hydrogen) atoms. The molecule has 3 rings (SSSR count). The fraction of sp³-hybridized carbons (Fsp3) is 0.0667. The highest BCUT2D eigenvalue weighted by atomic mass is 16.6. The minimum absolute atomic E-state index is 0.123. The summed E-state index contributed by atoms with van der Waals surface area (Å²) in [6, 6.07) is 9.35. The van der Waals surface area contributed by atoms with Crippen LogP contribution in [0.5, 0.6) is 11.6 Å². The van der Waals surface area contributed by atoms with Crippen molar-refractivity contribution in [2.24, 2.45) is 7.05 Å². The molecule has 116 valence electrons. The number of nitrogens with zero attached hydrogens (tertiary/aromatic N) is 3. The monoisotopic (exact) mass is 313 g/mol. The zero-order valence-corrected chi connectivity index (χ0v) is 12.0. The Hall–Kier alpha value is -3.42. The maximum atomic E-state index is 11.1. The molecule has 2 heterocycles. The molecule has 0 unspecified atom stereocenters. The standard InChI is InChI=1S/C15H11N3O5/c1-17-12-4-3-11(6-9(12)7-13(17)15(19)20)23-14-5-2-10(8-16-14)18(21)22/h2-8H,1H3,(H,19,20). The van der Waals surface area contributed by atoms with E-state index in [1.165, 1.54) is 12.1 Å². The molecule has 0 radical (unpaired) electrons. The lowest BCUT2D eigenvalue weighted by Crippen LogP contribution is -2.03. The average molecular weight is 313 g/mol. The van der Waals surface area contributed by atoms with Crippen molar-refractivity contribution in [3.63, 3.8) is 0 Å². The number of ether oxygens (including phenoxy) is 1. The number of rotatable bonds is 4. The molecule has 0 bridgehead atoms. The number of hydrogen-bond donors (Lipinski definition) is 1. The number of pyridine rings is 1. The molecule has 8 nitrogen and oxygen atoms in total. The van der Waals surface area contributed by atoms with Gasteiger partial charge in [0, 0.05) is 30.1 Å². The summed E-state index contributed by atoms with van der Waals surface area (Å²) in [6.45, 7) is 0. The normalized spacial score (nSPS) is 10.7. The highest BCUT2D eigenvalue weighted by Gasteiger charge is 2.13. The van der Waals surface area contributed by atoms with E-state index < -0.39 is 10.9 Å². The third-order valence-corrected chi connectivity index (χ3v) is 3.39. The number of carboxylic acids is 1. The van der Waals surface area contributed by atoms with Gasteiger partial charge in [0.1, 0.15) is 17.6 Å².